The minimum Gasteiger partial charge on any atom is -0.351 e. The molecular formula is C27H29ClN2O2S. The first-order valence-corrected chi connectivity index (χ1v) is 12.8. The molecule has 0 spiro atoms. The molecule has 1 atom stereocenters. The van der Waals surface area contributed by atoms with Gasteiger partial charge in [-0.15, -0.1) is 0 Å². The van der Waals surface area contributed by atoms with Crippen molar-refractivity contribution >= 4 is 34.8 Å². The Balaban J connectivity index is 1.68. The van der Waals surface area contributed by atoms with Crippen LogP contribution in [0.3, 0.4) is 0 Å². The van der Waals surface area contributed by atoms with Gasteiger partial charge in [-0.1, -0.05) is 79.4 Å². The topological polar surface area (TPSA) is 49.4 Å². The molecule has 1 N–H and O–H groups in total. The van der Waals surface area contributed by atoms with Crippen LogP contribution < -0.4 is 5.32 Å². The predicted octanol–water partition coefficient (Wildman–Crippen LogP) is 6.16. The van der Waals surface area contributed by atoms with E-state index >= 15 is 0 Å². The molecule has 1 heterocycles. The smallest absolute Gasteiger partial charge is 0.247 e. The second-order valence-electron chi connectivity index (χ2n) is 8.58. The summed E-state index contributed by atoms with van der Waals surface area (Å²) in [7, 11) is 0. The lowest BCUT2D eigenvalue weighted by Crippen LogP contribution is -2.47. The molecule has 4 rings (SSSR count). The summed E-state index contributed by atoms with van der Waals surface area (Å²) in [5.74, 6) is -0.222. The van der Waals surface area contributed by atoms with E-state index in [9.17, 15) is 9.59 Å². The van der Waals surface area contributed by atoms with E-state index in [2.05, 4.69) is 5.32 Å². The Hall–Kier alpha value is -2.63. The highest BCUT2D eigenvalue weighted by Gasteiger charge is 2.33. The summed E-state index contributed by atoms with van der Waals surface area (Å²) in [6, 6.07) is 18.5. The number of nitrogens with one attached hydrogen (secondary N) is 1. The third-order valence-corrected chi connectivity index (χ3v) is 7.28. The Morgan fingerprint density at radius 1 is 1.00 bits per heavy atom. The third-order valence-electron chi connectivity index (χ3n) is 6.18. The molecule has 6 heteroatoms. The number of hydrogen-bond acceptors (Lipinski definition) is 3. The van der Waals surface area contributed by atoms with Gasteiger partial charge in [0, 0.05) is 17.6 Å². The zero-order valence-corrected chi connectivity index (χ0v) is 20.2. The largest absolute Gasteiger partial charge is 0.351 e. The van der Waals surface area contributed by atoms with E-state index < -0.39 is 6.04 Å². The highest BCUT2D eigenvalue weighted by molar-refractivity contribution is 7.08. The summed E-state index contributed by atoms with van der Waals surface area (Å²) in [6.07, 6.45) is 5.68. The molecular weight excluding hydrogens is 452 g/mol. The number of hydrogen-bond donors (Lipinski definition) is 1. The van der Waals surface area contributed by atoms with Crippen LogP contribution in [-0.2, 0) is 22.6 Å². The fourth-order valence-corrected chi connectivity index (χ4v) is 5.30. The van der Waals surface area contributed by atoms with Crippen molar-refractivity contribution in [2.75, 3.05) is 0 Å². The standard InChI is InChI=1S/C27H29ClN2O2S/c28-24-14-8-7-11-22(24)18-30(25(31)17-20-15-16-33-19-20)26(21-9-3-1-4-10-21)27(32)29-23-12-5-2-6-13-23/h1,3-4,7-11,14-16,19,23,26H,2,5-6,12-13,17-18H2,(H,29,32)/t26-/m1/s1. The van der Waals surface area contributed by atoms with E-state index in [4.69, 9.17) is 11.6 Å². The van der Waals surface area contributed by atoms with Crippen LogP contribution in [0.1, 0.15) is 54.8 Å². The summed E-state index contributed by atoms with van der Waals surface area (Å²) < 4.78 is 0. The van der Waals surface area contributed by atoms with E-state index in [-0.39, 0.29) is 30.8 Å². The maximum Gasteiger partial charge on any atom is 0.247 e. The van der Waals surface area contributed by atoms with Crippen LogP contribution in [0.2, 0.25) is 5.02 Å². The van der Waals surface area contributed by atoms with E-state index in [0.29, 0.717) is 5.02 Å². The molecule has 4 nitrogen and oxygen atoms in total. The Labute approximate surface area is 204 Å². The van der Waals surface area contributed by atoms with Crippen molar-refractivity contribution in [3.63, 3.8) is 0 Å². The second-order valence-corrected chi connectivity index (χ2v) is 9.77. The molecule has 1 aliphatic carbocycles. The van der Waals surface area contributed by atoms with Gasteiger partial charge in [0.2, 0.25) is 11.8 Å². The molecule has 0 bridgehead atoms. The Morgan fingerprint density at radius 3 is 2.42 bits per heavy atom. The van der Waals surface area contributed by atoms with Crippen LogP contribution in [0.15, 0.2) is 71.4 Å². The van der Waals surface area contributed by atoms with Gasteiger partial charge in [-0.25, -0.2) is 0 Å². The quantitative estimate of drug-likeness (QED) is 0.419. The monoisotopic (exact) mass is 480 g/mol. The zero-order chi connectivity index (χ0) is 23.0. The van der Waals surface area contributed by atoms with Crippen molar-refractivity contribution in [3.8, 4) is 0 Å². The molecule has 1 aromatic heterocycles. The average molecular weight is 481 g/mol. The normalized spacial score (nSPS) is 15.1. The van der Waals surface area contributed by atoms with Crippen LogP contribution in [0, 0.1) is 0 Å². The molecule has 1 fully saturated rings. The Bertz CT molecular complexity index is 1050. The summed E-state index contributed by atoms with van der Waals surface area (Å²) in [6.45, 7) is 0.264. The number of benzene rings is 2. The molecule has 0 unspecified atom stereocenters. The highest BCUT2D eigenvalue weighted by atomic mass is 35.5. The summed E-state index contributed by atoms with van der Waals surface area (Å²) in [5.41, 5.74) is 2.58. The Morgan fingerprint density at radius 2 is 1.73 bits per heavy atom. The van der Waals surface area contributed by atoms with Crippen LogP contribution in [0.5, 0.6) is 0 Å². The molecule has 1 aliphatic rings. The summed E-state index contributed by atoms with van der Waals surface area (Å²) in [5, 5.41) is 7.78. The predicted molar refractivity (Wildman–Crippen MR) is 134 cm³/mol. The maximum absolute atomic E-state index is 13.7. The maximum atomic E-state index is 13.7. The fourth-order valence-electron chi connectivity index (χ4n) is 4.44. The molecule has 0 radical (unpaired) electrons. The van der Waals surface area contributed by atoms with Crippen molar-refractivity contribution < 1.29 is 9.59 Å². The van der Waals surface area contributed by atoms with Crippen molar-refractivity contribution in [2.24, 2.45) is 0 Å². The SMILES string of the molecule is O=C(NC1CCCCC1)[C@@H](c1ccccc1)N(Cc1ccccc1Cl)C(=O)Cc1ccsc1. The van der Waals surface area contributed by atoms with Gasteiger partial charge in [0.1, 0.15) is 6.04 Å². The number of nitrogens with zero attached hydrogens (tertiary/aromatic N) is 1. The number of amides is 2. The Kier molecular flexibility index (Phi) is 8.19. The van der Waals surface area contributed by atoms with Gasteiger partial charge in [0.15, 0.2) is 0 Å². The number of rotatable bonds is 8. The number of halogens is 1. The van der Waals surface area contributed by atoms with Gasteiger partial charge in [-0.3, -0.25) is 9.59 Å². The molecule has 2 amide bonds. The third kappa shape index (κ3) is 6.24. The van der Waals surface area contributed by atoms with Crippen LogP contribution >= 0.6 is 22.9 Å². The second kappa shape index (κ2) is 11.5. The first-order valence-electron chi connectivity index (χ1n) is 11.5. The van der Waals surface area contributed by atoms with E-state index in [1.165, 1.54) is 6.42 Å². The first-order chi connectivity index (χ1) is 16.1. The summed E-state index contributed by atoms with van der Waals surface area (Å²) in [4.78, 5) is 29.0. The minimum atomic E-state index is -0.726. The summed E-state index contributed by atoms with van der Waals surface area (Å²) >= 11 is 8.03. The van der Waals surface area contributed by atoms with Gasteiger partial charge in [-0.05, 0) is 52.4 Å². The lowest BCUT2D eigenvalue weighted by molar-refractivity contribution is -0.141. The number of carbonyl (C=O) groups excluding carboxylic acids is 2. The van der Waals surface area contributed by atoms with E-state index in [1.54, 1.807) is 16.2 Å². The van der Waals surface area contributed by atoms with E-state index in [0.717, 1.165) is 42.4 Å². The lowest BCUT2D eigenvalue weighted by Gasteiger charge is -2.33. The van der Waals surface area contributed by atoms with Gasteiger partial charge in [0.05, 0.1) is 6.42 Å². The molecule has 33 heavy (non-hydrogen) atoms. The number of thiophene rings is 1. The average Bonchev–Trinajstić information content (AvgIpc) is 3.34. The van der Waals surface area contributed by atoms with Gasteiger partial charge < -0.3 is 10.2 Å². The van der Waals surface area contributed by atoms with Crippen LogP contribution in [0.25, 0.3) is 0 Å². The molecule has 2 aromatic carbocycles. The van der Waals surface area contributed by atoms with Crippen LogP contribution in [-0.4, -0.2) is 22.8 Å². The van der Waals surface area contributed by atoms with E-state index in [1.807, 2.05) is 71.4 Å². The molecule has 0 saturated heterocycles. The molecule has 3 aromatic rings. The molecule has 0 aliphatic heterocycles. The molecule has 1 saturated carbocycles. The van der Waals surface area contributed by atoms with Crippen LogP contribution in [0.4, 0.5) is 0 Å². The van der Waals surface area contributed by atoms with Crippen molar-refractivity contribution in [3.05, 3.63) is 93.1 Å². The highest BCUT2D eigenvalue weighted by Crippen LogP contribution is 2.28. The lowest BCUT2D eigenvalue weighted by atomic mass is 9.94. The van der Waals surface area contributed by atoms with Crippen molar-refractivity contribution in [1.82, 2.24) is 10.2 Å². The molecule has 172 valence electrons. The first kappa shape index (κ1) is 23.5. The minimum absolute atomic E-state index is 0.0963. The van der Waals surface area contributed by atoms with Crippen molar-refractivity contribution in [1.29, 1.82) is 0 Å². The number of carbonyl (C=O) groups is 2. The zero-order valence-electron chi connectivity index (χ0n) is 18.6. The fraction of sp³-hybridized carbons (Fsp3) is 0.333. The van der Waals surface area contributed by atoms with Gasteiger partial charge >= 0.3 is 0 Å². The van der Waals surface area contributed by atoms with Gasteiger partial charge in [-0.2, -0.15) is 11.3 Å². The van der Waals surface area contributed by atoms with Crippen molar-refractivity contribution in [2.45, 2.75) is 57.2 Å². The van der Waals surface area contributed by atoms with Gasteiger partial charge in [0.25, 0.3) is 0 Å².